The van der Waals surface area contributed by atoms with Gasteiger partial charge in [-0.25, -0.2) is 4.98 Å². The van der Waals surface area contributed by atoms with Crippen LogP contribution in [-0.2, 0) is 11.8 Å². The Labute approximate surface area is 111 Å². The van der Waals surface area contributed by atoms with E-state index in [2.05, 4.69) is 35.6 Å². The fraction of sp³-hybridized carbons (Fsp3) is 0.786. The van der Waals surface area contributed by atoms with Crippen LogP contribution in [0.2, 0.25) is 0 Å². The van der Waals surface area contributed by atoms with Gasteiger partial charge in [-0.3, -0.25) is 0 Å². The lowest BCUT2D eigenvalue weighted by molar-refractivity contribution is -0.0588. The highest BCUT2D eigenvalue weighted by molar-refractivity contribution is 5.06. The Kier molecular flexibility index (Phi) is 5.82. The summed E-state index contributed by atoms with van der Waals surface area (Å²) in [5.41, 5.74) is -0.219. The summed E-state index contributed by atoms with van der Waals surface area (Å²) in [6.07, 6.45) is 5.89. The number of ether oxygens (including phenoxy) is 1. The second-order valence-electron chi connectivity index (χ2n) is 4.88. The van der Waals surface area contributed by atoms with Gasteiger partial charge >= 0.3 is 0 Å². The third-order valence-electron chi connectivity index (χ3n) is 3.50. The molecule has 0 fully saturated rings. The van der Waals surface area contributed by atoms with Crippen LogP contribution in [0.4, 0.5) is 0 Å². The summed E-state index contributed by atoms with van der Waals surface area (Å²) in [4.78, 5) is 4.49. The van der Waals surface area contributed by atoms with Crippen LogP contribution in [0, 0.1) is 0 Å². The van der Waals surface area contributed by atoms with E-state index in [1.807, 2.05) is 26.4 Å². The minimum Gasteiger partial charge on any atom is -0.373 e. The van der Waals surface area contributed by atoms with Crippen molar-refractivity contribution in [3.05, 3.63) is 18.2 Å². The number of imidazole rings is 1. The van der Waals surface area contributed by atoms with Crippen molar-refractivity contribution in [1.29, 1.82) is 0 Å². The van der Waals surface area contributed by atoms with Crippen LogP contribution in [0.15, 0.2) is 12.4 Å². The number of hydrogen-bond donors (Lipinski definition) is 1. The quantitative estimate of drug-likeness (QED) is 0.774. The molecule has 0 spiro atoms. The molecular formula is C14H27N3O. The Morgan fingerprint density at radius 3 is 2.61 bits per heavy atom. The number of nitrogens with zero attached hydrogens (tertiary/aromatic N) is 2. The molecule has 18 heavy (non-hydrogen) atoms. The maximum Gasteiger partial charge on any atom is 0.128 e. The predicted molar refractivity (Wildman–Crippen MR) is 74.6 cm³/mol. The summed E-state index contributed by atoms with van der Waals surface area (Å²) < 4.78 is 8.07. The van der Waals surface area contributed by atoms with Crippen molar-refractivity contribution in [2.75, 3.05) is 13.2 Å². The minimum atomic E-state index is -0.219. The molecule has 0 amide bonds. The van der Waals surface area contributed by atoms with Gasteiger partial charge < -0.3 is 14.6 Å². The van der Waals surface area contributed by atoms with Crippen molar-refractivity contribution in [1.82, 2.24) is 14.9 Å². The molecule has 104 valence electrons. The maximum absolute atomic E-state index is 6.00. The number of nitrogens with one attached hydrogen (secondary N) is 1. The van der Waals surface area contributed by atoms with Gasteiger partial charge in [0.25, 0.3) is 0 Å². The Morgan fingerprint density at radius 2 is 2.17 bits per heavy atom. The molecule has 4 nitrogen and oxygen atoms in total. The highest BCUT2D eigenvalue weighted by Crippen LogP contribution is 2.31. The molecule has 1 rings (SSSR count). The van der Waals surface area contributed by atoms with Crippen molar-refractivity contribution in [3.63, 3.8) is 0 Å². The number of rotatable bonds is 8. The van der Waals surface area contributed by atoms with E-state index in [0.717, 1.165) is 31.8 Å². The molecule has 1 aromatic heterocycles. The van der Waals surface area contributed by atoms with Crippen molar-refractivity contribution in [2.24, 2.45) is 7.05 Å². The summed E-state index contributed by atoms with van der Waals surface area (Å²) in [5, 5.41) is 3.58. The van der Waals surface area contributed by atoms with Crippen LogP contribution in [0.5, 0.6) is 0 Å². The molecule has 0 aliphatic rings. The fourth-order valence-electron chi connectivity index (χ4n) is 2.24. The van der Waals surface area contributed by atoms with Gasteiger partial charge in [-0.05, 0) is 33.2 Å². The summed E-state index contributed by atoms with van der Waals surface area (Å²) in [6, 6.07) is 0.127. The van der Waals surface area contributed by atoms with Gasteiger partial charge in [0.2, 0.25) is 0 Å². The molecule has 4 heteroatoms. The Balaban J connectivity index is 3.00. The van der Waals surface area contributed by atoms with Gasteiger partial charge in [0.1, 0.15) is 5.82 Å². The van der Waals surface area contributed by atoms with E-state index in [9.17, 15) is 0 Å². The first kappa shape index (κ1) is 15.2. The smallest absolute Gasteiger partial charge is 0.128 e. The molecule has 1 aromatic rings. The zero-order valence-electron chi connectivity index (χ0n) is 12.4. The fourth-order valence-corrected chi connectivity index (χ4v) is 2.24. The largest absolute Gasteiger partial charge is 0.373 e. The second kappa shape index (κ2) is 6.90. The average Bonchev–Trinajstić information content (AvgIpc) is 2.76. The standard InChI is InChI=1S/C14H27N3O/c1-6-9-15-12(13-16-10-11-17(13)5)14(4,7-2)18-8-3/h10-12,15H,6-9H2,1-5H3. The lowest BCUT2D eigenvalue weighted by Gasteiger charge is -2.37. The first-order chi connectivity index (χ1) is 8.59. The molecule has 2 unspecified atom stereocenters. The Morgan fingerprint density at radius 1 is 1.44 bits per heavy atom. The molecule has 0 saturated carbocycles. The predicted octanol–water partition coefficient (Wildman–Crippen LogP) is 2.67. The van der Waals surface area contributed by atoms with Gasteiger partial charge in [-0.2, -0.15) is 0 Å². The third kappa shape index (κ3) is 3.33. The molecule has 0 radical (unpaired) electrons. The van der Waals surface area contributed by atoms with Crippen LogP contribution in [-0.4, -0.2) is 28.3 Å². The molecule has 0 bridgehead atoms. The number of hydrogen-bond acceptors (Lipinski definition) is 3. The summed E-state index contributed by atoms with van der Waals surface area (Å²) in [7, 11) is 2.03. The maximum atomic E-state index is 6.00. The summed E-state index contributed by atoms with van der Waals surface area (Å²) in [5.74, 6) is 1.04. The molecule has 0 aliphatic heterocycles. The molecule has 2 atom stereocenters. The Bertz CT molecular complexity index is 351. The van der Waals surface area contributed by atoms with E-state index in [-0.39, 0.29) is 11.6 Å². The van der Waals surface area contributed by atoms with Crippen LogP contribution < -0.4 is 5.32 Å². The van der Waals surface area contributed by atoms with E-state index in [4.69, 9.17) is 4.74 Å². The van der Waals surface area contributed by atoms with Crippen LogP contribution in [0.25, 0.3) is 0 Å². The monoisotopic (exact) mass is 253 g/mol. The molecule has 0 saturated heterocycles. The van der Waals surface area contributed by atoms with Crippen molar-refractivity contribution in [2.45, 2.75) is 52.2 Å². The molecule has 1 heterocycles. The first-order valence-electron chi connectivity index (χ1n) is 6.93. The van der Waals surface area contributed by atoms with E-state index in [0.29, 0.717) is 0 Å². The van der Waals surface area contributed by atoms with Crippen molar-refractivity contribution in [3.8, 4) is 0 Å². The van der Waals surface area contributed by atoms with Crippen LogP contribution >= 0.6 is 0 Å². The Hall–Kier alpha value is -0.870. The normalized spacial score (nSPS) is 16.5. The van der Waals surface area contributed by atoms with Crippen molar-refractivity contribution >= 4 is 0 Å². The lowest BCUT2D eigenvalue weighted by atomic mass is 9.92. The van der Waals surface area contributed by atoms with E-state index in [1.54, 1.807) is 0 Å². The molecular weight excluding hydrogens is 226 g/mol. The summed E-state index contributed by atoms with van der Waals surface area (Å²) >= 11 is 0. The van der Waals surface area contributed by atoms with Gasteiger partial charge in [0.05, 0.1) is 11.6 Å². The zero-order chi connectivity index (χ0) is 13.6. The highest BCUT2D eigenvalue weighted by atomic mass is 16.5. The number of aryl methyl sites for hydroxylation is 1. The zero-order valence-corrected chi connectivity index (χ0v) is 12.4. The van der Waals surface area contributed by atoms with Gasteiger partial charge in [-0.1, -0.05) is 13.8 Å². The first-order valence-corrected chi connectivity index (χ1v) is 6.93. The minimum absolute atomic E-state index is 0.127. The number of aromatic nitrogens is 2. The second-order valence-corrected chi connectivity index (χ2v) is 4.88. The van der Waals surface area contributed by atoms with Crippen molar-refractivity contribution < 1.29 is 4.74 Å². The van der Waals surface area contributed by atoms with Crippen LogP contribution in [0.1, 0.15) is 52.4 Å². The van der Waals surface area contributed by atoms with Gasteiger partial charge in [0, 0.05) is 26.0 Å². The van der Waals surface area contributed by atoms with E-state index < -0.39 is 0 Å². The van der Waals surface area contributed by atoms with E-state index in [1.165, 1.54) is 0 Å². The topological polar surface area (TPSA) is 39.1 Å². The van der Waals surface area contributed by atoms with Gasteiger partial charge in [0.15, 0.2) is 0 Å². The van der Waals surface area contributed by atoms with E-state index >= 15 is 0 Å². The molecule has 0 aromatic carbocycles. The van der Waals surface area contributed by atoms with Gasteiger partial charge in [-0.15, -0.1) is 0 Å². The third-order valence-corrected chi connectivity index (χ3v) is 3.50. The summed E-state index contributed by atoms with van der Waals surface area (Å²) in [6.45, 7) is 10.2. The SMILES string of the molecule is CCCNC(c1nccn1C)C(C)(CC)OCC. The molecule has 1 N–H and O–H groups in total. The average molecular weight is 253 g/mol. The lowest BCUT2D eigenvalue weighted by Crippen LogP contribution is -2.45. The highest BCUT2D eigenvalue weighted by Gasteiger charge is 2.36. The van der Waals surface area contributed by atoms with Crippen LogP contribution in [0.3, 0.4) is 0 Å². The molecule has 0 aliphatic carbocycles.